The number of Topliss-reactive ketones (excluding diaryl/α,β-unsaturated/α-hetero) is 1. The van der Waals surface area contributed by atoms with Crippen LogP contribution in [0.25, 0.3) is 0 Å². The molecule has 0 amide bonds. The molecule has 4 nitrogen and oxygen atoms in total. The number of carbonyl (C=O) groups excluding carboxylic acids is 2. The lowest BCUT2D eigenvalue weighted by Crippen LogP contribution is -2.27. The van der Waals surface area contributed by atoms with E-state index in [4.69, 9.17) is 4.74 Å². The van der Waals surface area contributed by atoms with E-state index in [0.717, 1.165) is 12.8 Å². The van der Waals surface area contributed by atoms with Crippen LogP contribution in [0, 0.1) is 0 Å². The Morgan fingerprint density at radius 2 is 2.00 bits per heavy atom. The molecule has 13 heavy (non-hydrogen) atoms. The Bertz CT molecular complexity index is 218. The fourth-order valence-corrected chi connectivity index (χ4v) is 1.21. The molecular weight excluding hydrogens is 172 g/mol. The van der Waals surface area contributed by atoms with Crippen molar-refractivity contribution >= 4 is 11.8 Å². The molecule has 0 heterocycles. The van der Waals surface area contributed by atoms with Gasteiger partial charge in [0.2, 0.25) is 0 Å². The monoisotopic (exact) mass is 186 g/mol. The lowest BCUT2D eigenvalue weighted by atomic mass is 10.1. The molecule has 0 atom stereocenters. The average molecular weight is 186 g/mol. The topological polar surface area (TPSA) is 52.6 Å². The van der Waals surface area contributed by atoms with Gasteiger partial charge in [-0.2, -0.15) is 0 Å². The quantitative estimate of drug-likeness (QED) is 0.468. The van der Waals surface area contributed by atoms with Crippen molar-refractivity contribution in [1.82, 2.24) is 0 Å². The SMILES string of the molecule is CCOC(=O)CC(=O)C1(OC)CC1. The molecule has 1 aliphatic carbocycles. The first-order chi connectivity index (χ1) is 6.14. The molecule has 0 radical (unpaired) electrons. The summed E-state index contributed by atoms with van der Waals surface area (Å²) in [6.07, 6.45) is 1.28. The highest BCUT2D eigenvalue weighted by Gasteiger charge is 2.50. The Labute approximate surface area is 77.2 Å². The van der Waals surface area contributed by atoms with Crippen molar-refractivity contribution in [1.29, 1.82) is 0 Å². The van der Waals surface area contributed by atoms with Gasteiger partial charge in [0.1, 0.15) is 12.0 Å². The highest BCUT2D eigenvalue weighted by atomic mass is 16.5. The summed E-state index contributed by atoms with van der Waals surface area (Å²) in [7, 11) is 1.50. The van der Waals surface area contributed by atoms with Crippen LogP contribution in [0.2, 0.25) is 0 Å². The van der Waals surface area contributed by atoms with Gasteiger partial charge < -0.3 is 9.47 Å². The number of hydrogen-bond acceptors (Lipinski definition) is 4. The van der Waals surface area contributed by atoms with E-state index in [9.17, 15) is 9.59 Å². The number of carbonyl (C=O) groups is 2. The molecule has 0 bridgehead atoms. The largest absolute Gasteiger partial charge is 0.466 e. The smallest absolute Gasteiger partial charge is 0.313 e. The van der Waals surface area contributed by atoms with Crippen molar-refractivity contribution in [3.05, 3.63) is 0 Å². The number of ether oxygens (including phenoxy) is 2. The van der Waals surface area contributed by atoms with Gasteiger partial charge in [0.25, 0.3) is 0 Å². The van der Waals surface area contributed by atoms with Crippen LogP contribution in [0.5, 0.6) is 0 Å². The Hall–Kier alpha value is -0.900. The predicted molar refractivity (Wildman–Crippen MR) is 45.2 cm³/mol. The molecular formula is C9H14O4. The average Bonchev–Trinajstić information content (AvgIpc) is 2.84. The maximum atomic E-state index is 11.4. The first-order valence-corrected chi connectivity index (χ1v) is 4.38. The second kappa shape index (κ2) is 3.87. The fourth-order valence-electron chi connectivity index (χ4n) is 1.21. The molecule has 0 aliphatic heterocycles. The third-order valence-corrected chi connectivity index (χ3v) is 2.21. The number of rotatable bonds is 5. The molecule has 1 rings (SSSR count). The lowest BCUT2D eigenvalue weighted by molar-refractivity contribution is -0.148. The zero-order valence-electron chi connectivity index (χ0n) is 7.96. The fraction of sp³-hybridized carbons (Fsp3) is 0.778. The molecule has 0 spiro atoms. The predicted octanol–water partition coefficient (Wildman–Crippen LogP) is 0.688. The first kappa shape index (κ1) is 10.2. The second-order valence-corrected chi connectivity index (χ2v) is 3.10. The van der Waals surface area contributed by atoms with E-state index in [1.807, 2.05) is 0 Å². The van der Waals surface area contributed by atoms with Crippen LogP contribution in [0.3, 0.4) is 0 Å². The Morgan fingerprint density at radius 3 is 2.38 bits per heavy atom. The summed E-state index contributed by atoms with van der Waals surface area (Å²) >= 11 is 0. The van der Waals surface area contributed by atoms with Crippen LogP contribution in [0.1, 0.15) is 26.2 Å². The van der Waals surface area contributed by atoms with Crippen LogP contribution in [-0.2, 0) is 19.1 Å². The lowest BCUT2D eigenvalue weighted by Gasteiger charge is -2.10. The zero-order chi connectivity index (χ0) is 9.90. The van der Waals surface area contributed by atoms with Crippen LogP contribution in [0.4, 0.5) is 0 Å². The summed E-state index contributed by atoms with van der Waals surface area (Å²) in [5.74, 6) is -0.621. The molecule has 74 valence electrons. The Kier molecular flexibility index (Phi) is 3.03. The molecule has 0 aromatic carbocycles. The summed E-state index contributed by atoms with van der Waals surface area (Å²) in [4.78, 5) is 22.4. The molecule has 0 N–H and O–H groups in total. The minimum atomic E-state index is -0.660. The standard InChI is InChI=1S/C9H14O4/c1-3-13-8(11)6-7(10)9(12-2)4-5-9/h3-6H2,1-2H3. The van der Waals surface area contributed by atoms with E-state index in [1.165, 1.54) is 7.11 Å². The first-order valence-electron chi connectivity index (χ1n) is 4.38. The number of esters is 1. The number of hydrogen-bond donors (Lipinski definition) is 0. The molecule has 1 saturated carbocycles. The van der Waals surface area contributed by atoms with E-state index >= 15 is 0 Å². The Balaban J connectivity index is 2.37. The number of ketones is 1. The second-order valence-electron chi connectivity index (χ2n) is 3.10. The van der Waals surface area contributed by atoms with Crippen LogP contribution < -0.4 is 0 Å². The summed E-state index contributed by atoms with van der Waals surface area (Å²) in [6, 6.07) is 0. The number of methoxy groups -OCH3 is 1. The maximum absolute atomic E-state index is 11.4. The normalized spacial score (nSPS) is 18.0. The zero-order valence-corrected chi connectivity index (χ0v) is 7.96. The van der Waals surface area contributed by atoms with E-state index in [-0.39, 0.29) is 12.2 Å². The summed E-state index contributed by atoms with van der Waals surface area (Å²) in [6.45, 7) is 2.03. The van der Waals surface area contributed by atoms with E-state index in [0.29, 0.717) is 6.61 Å². The van der Waals surface area contributed by atoms with Crippen molar-refractivity contribution in [3.8, 4) is 0 Å². The van der Waals surface area contributed by atoms with Crippen LogP contribution in [-0.4, -0.2) is 31.1 Å². The van der Waals surface area contributed by atoms with E-state index in [1.54, 1.807) is 6.92 Å². The van der Waals surface area contributed by atoms with Gasteiger partial charge in [-0.1, -0.05) is 0 Å². The van der Waals surface area contributed by atoms with Crippen molar-refractivity contribution < 1.29 is 19.1 Å². The van der Waals surface area contributed by atoms with Gasteiger partial charge >= 0.3 is 5.97 Å². The summed E-state index contributed by atoms with van der Waals surface area (Å²) in [5, 5.41) is 0. The molecule has 0 aromatic heterocycles. The van der Waals surface area contributed by atoms with Gasteiger partial charge in [0, 0.05) is 7.11 Å². The van der Waals surface area contributed by atoms with Crippen molar-refractivity contribution in [3.63, 3.8) is 0 Å². The van der Waals surface area contributed by atoms with E-state index < -0.39 is 11.6 Å². The van der Waals surface area contributed by atoms with E-state index in [2.05, 4.69) is 4.74 Å². The molecule has 0 aromatic rings. The summed E-state index contributed by atoms with van der Waals surface area (Å²) in [5.41, 5.74) is -0.660. The van der Waals surface area contributed by atoms with Crippen LogP contribution in [0.15, 0.2) is 0 Å². The van der Waals surface area contributed by atoms with Gasteiger partial charge in [0.15, 0.2) is 5.78 Å². The molecule has 0 unspecified atom stereocenters. The minimum absolute atomic E-state index is 0.159. The van der Waals surface area contributed by atoms with Crippen LogP contribution >= 0.6 is 0 Å². The van der Waals surface area contributed by atoms with Gasteiger partial charge in [-0.3, -0.25) is 9.59 Å². The molecule has 1 fully saturated rings. The van der Waals surface area contributed by atoms with Crippen molar-refractivity contribution in [2.75, 3.05) is 13.7 Å². The third kappa shape index (κ3) is 2.28. The van der Waals surface area contributed by atoms with Gasteiger partial charge in [-0.05, 0) is 19.8 Å². The molecule has 4 heteroatoms. The van der Waals surface area contributed by atoms with Crippen molar-refractivity contribution in [2.45, 2.75) is 31.8 Å². The summed E-state index contributed by atoms with van der Waals surface area (Å²) < 4.78 is 9.70. The third-order valence-electron chi connectivity index (χ3n) is 2.21. The van der Waals surface area contributed by atoms with Gasteiger partial charge in [-0.15, -0.1) is 0 Å². The Morgan fingerprint density at radius 1 is 1.38 bits per heavy atom. The maximum Gasteiger partial charge on any atom is 0.313 e. The molecule has 1 aliphatic rings. The van der Waals surface area contributed by atoms with Gasteiger partial charge in [-0.25, -0.2) is 0 Å². The highest BCUT2D eigenvalue weighted by Crippen LogP contribution is 2.40. The highest BCUT2D eigenvalue weighted by molar-refractivity contribution is 6.01. The molecule has 0 saturated heterocycles. The van der Waals surface area contributed by atoms with Crippen molar-refractivity contribution in [2.24, 2.45) is 0 Å². The minimum Gasteiger partial charge on any atom is -0.466 e. The van der Waals surface area contributed by atoms with Gasteiger partial charge in [0.05, 0.1) is 6.61 Å².